The van der Waals surface area contributed by atoms with E-state index < -0.39 is 5.41 Å². The average molecular weight is 876 g/mol. The van der Waals surface area contributed by atoms with Crippen LogP contribution in [-0.4, -0.2) is 0 Å². The van der Waals surface area contributed by atoms with E-state index in [1.165, 1.54) is 98.5 Å². The van der Waals surface area contributed by atoms with Gasteiger partial charge in [-0.3, -0.25) is 0 Å². The molecule has 1 unspecified atom stereocenters. The fourth-order valence-electron chi connectivity index (χ4n) is 12.3. The van der Waals surface area contributed by atoms with Gasteiger partial charge in [0.2, 0.25) is 0 Å². The minimum absolute atomic E-state index is 0.116. The molecule has 1 spiro atoms. The molecule has 1 nitrogen and oxygen atoms in total. The van der Waals surface area contributed by atoms with Gasteiger partial charge in [0, 0.05) is 37.7 Å². The van der Waals surface area contributed by atoms with Crippen molar-refractivity contribution in [3.05, 3.63) is 269 Å². The molecule has 1 atom stereocenters. The van der Waals surface area contributed by atoms with Crippen molar-refractivity contribution in [2.75, 3.05) is 4.90 Å². The highest BCUT2D eigenvalue weighted by molar-refractivity contribution is 7.99. The molecule has 0 aromatic heterocycles. The van der Waals surface area contributed by atoms with Crippen molar-refractivity contribution in [3.63, 3.8) is 0 Å². The van der Waals surface area contributed by atoms with Gasteiger partial charge < -0.3 is 4.90 Å². The van der Waals surface area contributed by atoms with Crippen LogP contribution in [0.15, 0.2) is 234 Å². The van der Waals surface area contributed by atoms with Crippen molar-refractivity contribution in [1.29, 1.82) is 0 Å². The quantitative estimate of drug-likeness (QED) is 0.169. The normalized spacial score (nSPS) is 16.6. The first-order chi connectivity index (χ1) is 32.7. The van der Waals surface area contributed by atoms with Gasteiger partial charge in [0.25, 0.3) is 0 Å². The largest absolute Gasteiger partial charge is 0.310 e. The minimum Gasteiger partial charge on any atom is -0.310 e. The molecule has 0 saturated carbocycles. The Morgan fingerprint density at radius 3 is 1.69 bits per heavy atom. The third-order valence-electron chi connectivity index (χ3n) is 15.4. The van der Waals surface area contributed by atoms with E-state index >= 15 is 0 Å². The summed E-state index contributed by atoms with van der Waals surface area (Å²) in [5, 5.41) is 2.59. The summed E-state index contributed by atoms with van der Waals surface area (Å²) in [6.45, 7) is 9.61. The summed E-state index contributed by atoms with van der Waals surface area (Å²) < 4.78 is 0. The topological polar surface area (TPSA) is 3.24 Å². The van der Waals surface area contributed by atoms with Crippen molar-refractivity contribution in [2.24, 2.45) is 0 Å². The molecule has 0 fully saturated rings. The molecule has 0 N–H and O–H groups in total. The minimum atomic E-state index is -0.512. The molecule has 0 radical (unpaired) electrons. The molecule has 1 aliphatic heterocycles. The van der Waals surface area contributed by atoms with Crippen LogP contribution in [0.4, 0.5) is 17.1 Å². The smallest absolute Gasteiger partial charge is 0.0729 e. The molecule has 3 aliphatic rings. The summed E-state index contributed by atoms with van der Waals surface area (Å²) in [4.78, 5) is 5.10. The van der Waals surface area contributed by atoms with E-state index in [-0.39, 0.29) is 10.8 Å². The molecule has 13 rings (SSSR count). The summed E-state index contributed by atoms with van der Waals surface area (Å²) in [5.74, 6) is 0. The van der Waals surface area contributed by atoms with E-state index in [1.807, 2.05) is 11.8 Å². The SMILES string of the molecule is CC1(C)c2ccccc2-c2ccc(N(c3ccc(-c4ccccc4)cc3)c3ccc(-c4cccc5c4C(C)(C)c4ccccc4C54c5ccccc5Sc5c4ccc4ccccc54)cc3)cc21. The Labute approximate surface area is 398 Å². The van der Waals surface area contributed by atoms with Gasteiger partial charge in [-0.15, -0.1) is 0 Å². The molecule has 10 aromatic rings. The lowest BCUT2D eigenvalue weighted by Gasteiger charge is -2.51. The Hall–Kier alpha value is -7.39. The van der Waals surface area contributed by atoms with Gasteiger partial charge in [-0.25, -0.2) is 0 Å². The number of anilines is 3. The summed E-state index contributed by atoms with van der Waals surface area (Å²) >= 11 is 1.93. The van der Waals surface area contributed by atoms with Gasteiger partial charge in [-0.2, -0.15) is 0 Å². The predicted molar refractivity (Wildman–Crippen MR) is 282 cm³/mol. The van der Waals surface area contributed by atoms with Crippen molar-refractivity contribution < 1.29 is 0 Å². The second kappa shape index (κ2) is 14.8. The second-order valence-corrected chi connectivity index (χ2v) is 20.7. The van der Waals surface area contributed by atoms with E-state index in [0.717, 1.165) is 17.1 Å². The van der Waals surface area contributed by atoms with Crippen LogP contribution in [-0.2, 0) is 16.2 Å². The van der Waals surface area contributed by atoms with Gasteiger partial charge in [-0.05, 0) is 131 Å². The van der Waals surface area contributed by atoms with Gasteiger partial charge >= 0.3 is 0 Å². The van der Waals surface area contributed by atoms with Crippen LogP contribution in [0.3, 0.4) is 0 Å². The van der Waals surface area contributed by atoms with Gasteiger partial charge in [0.15, 0.2) is 0 Å². The number of hydrogen-bond donors (Lipinski definition) is 0. The van der Waals surface area contributed by atoms with Crippen molar-refractivity contribution in [2.45, 2.75) is 53.7 Å². The molecule has 2 heteroatoms. The first-order valence-corrected chi connectivity index (χ1v) is 24.4. The predicted octanol–water partition coefficient (Wildman–Crippen LogP) is 17.4. The maximum Gasteiger partial charge on any atom is 0.0729 e. The maximum absolute atomic E-state index is 2.44. The van der Waals surface area contributed by atoms with Crippen LogP contribution in [0.2, 0.25) is 0 Å². The van der Waals surface area contributed by atoms with E-state index in [2.05, 4.69) is 257 Å². The third kappa shape index (κ3) is 5.76. The highest BCUT2D eigenvalue weighted by Crippen LogP contribution is 2.63. The molecule has 320 valence electrons. The number of fused-ring (bicyclic) bond motifs is 13. The van der Waals surface area contributed by atoms with E-state index in [9.17, 15) is 0 Å². The van der Waals surface area contributed by atoms with Crippen molar-refractivity contribution in [1.82, 2.24) is 0 Å². The Kier molecular flexibility index (Phi) is 8.83. The first kappa shape index (κ1) is 39.9. The number of rotatable bonds is 5. The van der Waals surface area contributed by atoms with Gasteiger partial charge in [-0.1, -0.05) is 221 Å². The first-order valence-electron chi connectivity index (χ1n) is 23.6. The molecule has 0 amide bonds. The second-order valence-electron chi connectivity index (χ2n) is 19.6. The molecule has 0 bridgehead atoms. The Morgan fingerprint density at radius 2 is 0.910 bits per heavy atom. The fraction of sp³-hybridized carbons (Fsp3) is 0.108. The average Bonchev–Trinajstić information content (AvgIpc) is 3.61. The van der Waals surface area contributed by atoms with Crippen molar-refractivity contribution >= 4 is 39.6 Å². The Balaban J connectivity index is 0.993. The molecular formula is C65H49NS. The molecule has 67 heavy (non-hydrogen) atoms. The monoisotopic (exact) mass is 875 g/mol. The van der Waals surface area contributed by atoms with Crippen LogP contribution in [0.5, 0.6) is 0 Å². The highest BCUT2D eigenvalue weighted by Gasteiger charge is 2.53. The lowest BCUT2D eigenvalue weighted by Crippen LogP contribution is -2.43. The molecule has 10 aromatic carbocycles. The molecule has 0 saturated heterocycles. The van der Waals surface area contributed by atoms with Crippen LogP contribution in [0.25, 0.3) is 44.2 Å². The lowest BCUT2D eigenvalue weighted by molar-refractivity contribution is 0.551. The lowest BCUT2D eigenvalue weighted by atomic mass is 9.53. The Bertz CT molecular complexity index is 3600. The van der Waals surface area contributed by atoms with Gasteiger partial charge in [0.1, 0.15) is 0 Å². The summed E-state index contributed by atoms with van der Waals surface area (Å²) in [5.41, 5.74) is 21.0. The zero-order chi connectivity index (χ0) is 45.1. The fourth-order valence-corrected chi connectivity index (χ4v) is 13.6. The summed E-state index contributed by atoms with van der Waals surface area (Å²) in [6.07, 6.45) is 0. The molecule has 2 aliphatic carbocycles. The van der Waals surface area contributed by atoms with Gasteiger partial charge in [0.05, 0.1) is 5.41 Å². The number of hydrogen-bond acceptors (Lipinski definition) is 2. The van der Waals surface area contributed by atoms with Crippen LogP contribution in [0.1, 0.15) is 72.2 Å². The molecule has 1 heterocycles. The zero-order valence-corrected chi connectivity index (χ0v) is 39.0. The van der Waals surface area contributed by atoms with E-state index in [4.69, 9.17) is 0 Å². The standard InChI is InChI=1S/C65H49NS/c1-63(2)53-23-11-10-21-51(53)52-39-38-48(41-59(52)63)66(46-34-29-43(30-35-46)42-17-6-5-7-18-42)47-36-31-45(32-37-47)49-22-16-27-57-61(49)64(3,4)54-24-12-13-25-55(54)65(57)56-26-14-15-28-60(56)67-62-50-20-9-8-19-44(50)33-40-58(62)65/h5-41H,1-4H3. The summed E-state index contributed by atoms with van der Waals surface area (Å²) in [6, 6.07) is 84.4. The van der Waals surface area contributed by atoms with Crippen LogP contribution >= 0.6 is 11.8 Å². The van der Waals surface area contributed by atoms with E-state index in [0.29, 0.717) is 0 Å². The van der Waals surface area contributed by atoms with Crippen LogP contribution in [0, 0.1) is 0 Å². The zero-order valence-electron chi connectivity index (χ0n) is 38.2. The number of benzene rings is 10. The molecular weight excluding hydrogens is 827 g/mol. The number of nitrogens with zero attached hydrogens (tertiary/aromatic N) is 1. The van der Waals surface area contributed by atoms with E-state index in [1.54, 1.807) is 0 Å². The highest BCUT2D eigenvalue weighted by atomic mass is 32.2. The maximum atomic E-state index is 2.44. The van der Waals surface area contributed by atoms with Crippen LogP contribution < -0.4 is 4.90 Å². The Morgan fingerprint density at radius 1 is 0.343 bits per heavy atom. The van der Waals surface area contributed by atoms with Crippen molar-refractivity contribution in [3.8, 4) is 33.4 Å². The summed E-state index contributed by atoms with van der Waals surface area (Å²) in [7, 11) is 0. The third-order valence-corrected chi connectivity index (χ3v) is 16.6.